The molecule has 1 unspecified atom stereocenters. The standard InChI is InChI=1S/C20H22Cl2N4O3/c21-17-4-3-16(19(22)9-17)12-25-20(24-11-15-7-8-29-13-15)23-10-14-1-5-18(6-2-14)26(27)28/h1-6,9,15H,7-8,10-13H2,(H2,23,24,25). The van der Waals surface area contributed by atoms with Gasteiger partial charge < -0.3 is 15.4 Å². The number of halogens is 2. The van der Waals surface area contributed by atoms with Gasteiger partial charge in [-0.1, -0.05) is 41.4 Å². The van der Waals surface area contributed by atoms with Crippen LogP contribution in [0.4, 0.5) is 5.69 Å². The highest BCUT2D eigenvalue weighted by molar-refractivity contribution is 6.35. The molecule has 154 valence electrons. The third kappa shape index (κ3) is 6.59. The Balaban J connectivity index is 1.65. The summed E-state index contributed by atoms with van der Waals surface area (Å²) in [4.78, 5) is 15.0. The van der Waals surface area contributed by atoms with Gasteiger partial charge in [-0.2, -0.15) is 0 Å². The maximum atomic E-state index is 10.8. The summed E-state index contributed by atoms with van der Waals surface area (Å²) in [5, 5.41) is 18.6. The molecule has 7 nitrogen and oxygen atoms in total. The van der Waals surface area contributed by atoms with Crippen LogP contribution in [0.2, 0.25) is 10.0 Å². The number of benzene rings is 2. The first-order chi connectivity index (χ1) is 14.0. The molecule has 1 aliphatic heterocycles. The van der Waals surface area contributed by atoms with Gasteiger partial charge in [0, 0.05) is 47.8 Å². The fourth-order valence-corrected chi connectivity index (χ4v) is 3.37. The molecule has 1 saturated heterocycles. The van der Waals surface area contributed by atoms with Crippen molar-refractivity contribution in [3.63, 3.8) is 0 Å². The summed E-state index contributed by atoms with van der Waals surface area (Å²) >= 11 is 12.2. The third-order valence-corrected chi connectivity index (χ3v) is 5.20. The second-order valence-electron chi connectivity index (χ2n) is 6.79. The second-order valence-corrected chi connectivity index (χ2v) is 7.63. The molecule has 0 amide bonds. The lowest BCUT2D eigenvalue weighted by atomic mass is 10.1. The van der Waals surface area contributed by atoms with Gasteiger partial charge in [-0.05, 0) is 29.7 Å². The van der Waals surface area contributed by atoms with Gasteiger partial charge in [0.1, 0.15) is 0 Å². The molecule has 9 heteroatoms. The zero-order valence-corrected chi connectivity index (χ0v) is 17.2. The minimum Gasteiger partial charge on any atom is -0.381 e. The van der Waals surface area contributed by atoms with Gasteiger partial charge in [0.15, 0.2) is 5.96 Å². The van der Waals surface area contributed by atoms with Crippen molar-refractivity contribution in [1.29, 1.82) is 0 Å². The highest BCUT2D eigenvalue weighted by Crippen LogP contribution is 2.20. The van der Waals surface area contributed by atoms with Crippen molar-refractivity contribution in [2.45, 2.75) is 19.5 Å². The zero-order chi connectivity index (χ0) is 20.6. The summed E-state index contributed by atoms with van der Waals surface area (Å²) in [6.45, 7) is 3.16. The molecule has 0 radical (unpaired) electrons. The molecule has 3 rings (SSSR count). The van der Waals surface area contributed by atoms with Gasteiger partial charge in [-0.25, -0.2) is 4.99 Å². The van der Waals surface area contributed by atoms with E-state index in [2.05, 4.69) is 15.6 Å². The molecular formula is C20H22Cl2N4O3. The summed E-state index contributed by atoms with van der Waals surface area (Å²) in [7, 11) is 0. The van der Waals surface area contributed by atoms with Gasteiger partial charge in [-0.3, -0.25) is 10.1 Å². The number of aliphatic imine (C=N–C) groups is 1. The van der Waals surface area contributed by atoms with Crippen molar-refractivity contribution in [3.05, 3.63) is 73.8 Å². The van der Waals surface area contributed by atoms with Gasteiger partial charge >= 0.3 is 0 Å². The van der Waals surface area contributed by atoms with E-state index in [1.54, 1.807) is 24.3 Å². The number of nitro benzene ring substituents is 1. The number of nitrogens with one attached hydrogen (secondary N) is 2. The average Bonchev–Trinajstić information content (AvgIpc) is 3.22. The smallest absolute Gasteiger partial charge is 0.269 e. The van der Waals surface area contributed by atoms with Gasteiger partial charge in [0.2, 0.25) is 0 Å². The largest absolute Gasteiger partial charge is 0.381 e. The van der Waals surface area contributed by atoms with Crippen LogP contribution in [-0.2, 0) is 17.8 Å². The number of non-ortho nitro benzene ring substituents is 1. The first kappa shape index (κ1) is 21.4. The number of nitro groups is 1. The van der Waals surface area contributed by atoms with Gasteiger partial charge in [-0.15, -0.1) is 0 Å². The lowest BCUT2D eigenvalue weighted by Crippen LogP contribution is -2.39. The van der Waals surface area contributed by atoms with E-state index in [9.17, 15) is 10.1 Å². The SMILES string of the molecule is O=[N+]([O-])c1ccc(CN=C(NCc2ccc(Cl)cc2Cl)NCC2CCOC2)cc1. The lowest BCUT2D eigenvalue weighted by molar-refractivity contribution is -0.384. The molecule has 29 heavy (non-hydrogen) atoms. The van der Waals surface area contributed by atoms with E-state index in [0.717, 1.165) is 37.3 Å². The number of hydrogen-bond donors (Lipinski definition) is 2. The van der Waals surface area contributed by atoms with E-state index in [1.165, 1.54) is 12.1 Å². The minimum atomic E-state index is -0.416. The first-order valence-corrected chi connectivity index (χ1v) is 10.0. The van der Waals surface area contributed by atoms with Crippen LogP contribution in [0.25, 0.3) is 0 Å². The van der Waals surface area contributed by atoms with Crippen LogP contribution in [0.15, 0.2) is 47.5 Å². The van der Waals surface area contributed by atoms with E-state index in [4.69, 9.17) is 27.9 Å². The van der Waals surface area contributed by atoms with Crippen LogP contribution in [0.3, 0.4) is 0 Å². The Hall–Kier alpha value is -2.35. The Labute approximate surface area is 179 Å². The Kier molecular flexibility index (Phi) is 7.69. The Morgan fingerprint density at radius 3 is 2.66 bits per heavy atom. The van der Waals surface area contributed by atoms with Crippen LogP contribution in [0.1, 0.15) is 17.5 Å². The highest BCUT2D eigenvalue weighted by atomic mass is 35.5. The highest BCUT2D eigenvalue weighted by Gasteiger charge is 2.16. The van der Waals surface area contributed by atoms with Crippen LogP contribution >= 0.6 is 23.2 Å². The summed E-state index contributed by atoms with van der Waals surface area (Å²) in [5.74, 6) is 1.08. The first-order valence-electron chi connectivity index (χ1n) is 9.28. The van der Waals surface area contributed by atoms with Gasteiger partial charge in [0.25, 0.3) is 5.69 Å². The molecule has 0 aromatic heterocycles. The normalized spacial score (nSPS) is 16.6. The molecule has 1 aliphatic rings. The van der Waals surface area contributed by atoms with Crippen molar-refractivity contribution < 1.29 is 9.66 Å². The molecule has 1 atom stereocenters. The van der Waals surface area contributed by atoms with Crippen molar-refractivity contribution >= 4 is 34.8 Å². The molecular weight excluding hydrogens is 415 g/mol. The van der Waals surface area contributed by atoms with E-state index in [1.807, 2.05) is 6.07 Å². The fraction of sp³-hybridized carbons (Fsp3) is 0.350. The fourth-order valence-electron chi connectivity index (χ4n) is 2.90. The lowest BCUT2D eigenvalue weighted by Gasteiger charge is -2.16. The third-order valence-electron chi connectivity index (χ3n) is 4.61. The van der Waals surface area contributed by atoms with Crippen LogP contribution in [-0.4, -0.2) is 30.6 Å². The zero-order valence-electron chi connectivity index (χ0n) is 15.7. The monoisotopic (exact) mass is 436 g/mol. The molecule has 2 aromatic carbocycles. The van der Waals surface area contributed by atoms with Crippen molar-refractivity contribution in [3.8, 4) is 0 Å². The molecule has 0 saturated carbocycles. The second kappa shape index (κ2) is 10.4. The van der Waals surface area contributed by atoms with Crippen molar-refractivity contribution in [1.82, 2.24) is 10.6 Å². The molecule has 0 bridgehead atoms. The molecule has 2 aromatic rings. The molecule has 0 aliphatic carbocycles. The summed E-state index contributed by atoms with van der Waals surface area (Å²) in [5.41, 5.74) is 1.85. The van der Waals surface area contributed by atoms with Crippen LogP contribution < -0.4 is 10.6 Å². The molecule has 0 spiro atoms. The van der Waals surface area contributed by atoms with E-state index in [0.29, 0.717) is 35.0 Å². The maximum Gasteiger partial charge on any atom is 0.269 e. The average molecular weight is 437 g/mol. The number of nitrogens with zero attached hydrogens (tertiary/aromatic N) is 2. The molecule has 1 heterocycles. The minimum absolute atomic E-state index is 0.0628. The summed E-state index contributed by atoms with van der Waals surface area (Å²) in [6.07, 6.45) is 1.02. The Morgan fingerprint density at radius 2 is 2.00 bits per heavy atom. The summed E-state index contributed by atoms with van der Waals surface area (Å²) in [6, 6.07) is 11.7. The predicted octanol–water partition coefficient (Wildman–Crippen LogP) is 4.17. The number of guanidine groups is 1. The van der Waals surface area contributed by atoms with Crippen LogP contribution in [0.5, 0.6) is 0 Å². The van der Waals surface area contributed by atoms with Crippen molar-refractivity contribution in [2.24, 2.45) is 10.9 Å². The molecule has 2 N–H and O–H groups in total. The number of hydrogen-bond acceptors (Lipinski definition) is 4. The maximum absolute atomic E-state index is 10.8. The predicted molar refractivity (Wildman–Crippen MR) is 114 cm³/mol. The van der Waals surface area contributed by atoms with Gasteiger partial charge in [0.05, 0.1) is 18.1 Å². The summed E-state index contributed by atoms with van der Waals surface area (Å²) < 4.78 is 5.42. The Bertz CT molecular complexity index is 869. The van der Waals surface area contributed by atoms with Crippen molar-refractivity contribution in [2.75, 3.05) is 19.8 Å². The number of ether oxygens (including phenoxy) is 1. The number of rotatable bonds is 7. The topological polar surface area (TPSA) is 88.8 Å². The van der Waals surface area contributed by atoms with E-state index >= 15 is 0 Å². The quantitative estimate of drug-likeness (QED) is 0.294. The molecule has 1 fully saturated rings. The van der Waals surface area contributed by atoms with E-state index < -0.39 is 4.92 Å². The van der Waals surface area contributed by atoms with E-state index in [-0.39, 0.29) is 5.69 Å². The Morgan fingerprint density at radius 1 is 1.21 bits per heavy atom. The van der Waals surface area contributed by atoms with Crippen LogP contribution in [0, 0.1) is 16.0 Å².